The van der Waals surface area contributed by atoms with E-state index in [0.29, 0.717) is 62.6 Å². The smallest absolute Gasteiger partial charge is 0.323 e. The lowest BCUT2D eigenvalue weighted by atomic mass is 10.0. The van der Waals surface area contributed by atoms with Crippen molar-refractivity contribution in [2.75, 3.05) is 92.9 Å². The van der Waals surface area contributed by atoms with Crippen LogP contribution in [0.1, 0.15) is 97.5 Å². The SMILES string of the molecule is Cc1cccc(-c2nn(C3CCCCO3)cc2-c2ccnc(-c3nc4c(n3COCC[Si](C)(C)C)CN(C(=O)N3Cc5c(nc(-c6cc(-c7cn(C8CCCCO8)nc7-c7cccc(C)n7)ccn6)n5COCC[Si](C)(C)C)C3N3CCN(C)CC3)C4N3CCN(C)CC3)c2)n1. The number of pyridine rings is 4. The maximum atomic E-state index is 16.6. The normalized spacial score (nSPS) is 21.0. The van der Waals surface area contributed by atoms with E-state index < -0.39 is 28.5 Å². The maximum absolute atomic E-state index is 16.6. The van der Waals surface area contributed by atoms with Crippen molar-refractivity contribution in [2.24, 2.45) is 0 Å². The summed E-state index contributed by atoms with van der Waals surface area (Å²) in [6, 6.07) is 22.5. The Morgan fingerprint density at radius 2 is 0.969 bits per heavy atom. The van der Waals surface area contributed by atoms with Crippen LogP contribution in [0.5, 0.6) is 0 Å². The van der Waals surface area contributed by atoms with E-state index in [4.69, 9.17) is 59.0 Å². The first-order chi connectivity index (χ1) is 46.4. The van der Waals surface area contributed by atoms with Crippen LogP contribution in [0.15, 0.2) is 85.5 Å². The molecule has 23 nitrogen and oxygen atoms in total. The summed E-state index contributed by atoms with van der Waals surface area (Å²) in [5.41, 5.74) is 13.8. The molecule has 4 unspecified atom stereocenters. The molecule has 0 saturated carbocycles. The number of hydrogen-bond donors (Lipinski definition) is 0. The Bertz CT molecular complexity index is 3790. The fraction of sp³-hybridized carbons (Fsp3) is 0.535. The minimum Gasteiger partial charge on any atom is -0.361 e. The fourth-order valence-corrected chi connectivity index (χ4v) is 15.7. The summed E-state index contributed by atoms with van der Waals surface area (Å²) in [4.78, 5) is 62.1. The molecule has 6 aliphatic heterocycles. The zero-order valence-electron chi connectivity index (χ0n) is 58.0. The lowest BCUT2D eigenvalue weighted by Gasteiger charge is -2.43. The van der Waals surface area contributed by atoms with Gasteiger partial charge in [-0.1, -0.05) is 51.4 Å². The number of nitrogens with zero attached hydrogens (tertiary/aromatic N) is 18. The largest absolute Gasteiger partial charge is 0.361 e. The summed E-state index contributed by atoms with van der Waals surface area (Å²) in [5.74, 6) is 1.41. The lowest BCUT2D eigenvalue weighted by Crippen LogP contribution is -2.55. The van der Waals surface area contributed by atoms with Crippen LogP contribution in [-0.2, 0) is 45.5 Å². The summed E-state index contributed by atoms with van der Waals surface area (Å²) in [6.07, 6.45) is 12.7. The third-order valence-electron chi connectivity index (χ3n) is 19.8. The number of likely N-dealkylation sites (N-methyl/N-ethyl adjacent to an activating group) is 2. The van der Waals surface area contributed by atoms with Gasteiger partial charge in [-0.05, 0) is 138 Å². The van der Waals surface area contributed by atoms with Gasteiger partial charge in [-0.3, -0.25) is 39.5 Å². The molecule has 4 saturated heterocycles. The minimum atomic E-state index is -1.46. The van der Waals surface area contributed by atoms with Gasteiger partial charge in [0.1, 0.15) is 72.4 Å². The fourth-order valence-electron chi connectivity index (χ4n) is 14.2. The van der Waals surface area contributed by atoms with Gasteiger partial charge in [0.05, 0.1) is 35.9 Å². The average Bonchev–Trinajstić information content (AvgIpc) is 1.57. The van der Waals surface area contributed by atoms with Gasteiger partial charge in [-0.2, -0.15) is 10.2 Å². The van der Waals surface area contributed by atoms with Crippen molar-refractivity contribution < 1.29 is 23.7 Å². The van der Waals surface area contributed by atoms with E-state index in [1.54, 1.807) is 0 Å². The molecule has 0 radical (unpaired) electrons. The molecule has 0 aromatic carbocycles. The number of fused-ring (bicyclic) bond motifs is 2. The van der Waals surface area contributed by atoms with E-state index in [1.165, 1.54) is 0 Å². The Morgan fingerprint density at radius 1 is 0.542 bits per heavy atom. The molecule has 0 aliphatic carbocycles. The molecule has 25 heteroatoms. The Balaban J connectivity index is 0.848. The Hall–Kier alpha value is -7.18. The number of piperazine rings is 2. The van der Waals surface area contributed by atoms with E-state index in [9.17, 15) is 0 Å². The van der Waals surface area contributed by atoms with Crippen LogP contribution in [0, 0.1) is 13.8 Å². The Kier molecular flexibility index (Phi) is 19.3. The highest BCUT2D eigenvalue weighted by atomic mass is 28.3. The number of aromatic nitrogens is 12. The highest BCUT2D eigenvalue weighted by Crippen LogP contribution is 2.46. The van der Waals surface area contributed by atoms with E-state index in [1.807, 2.05) is 72.0 Å². The van der Waals surface area contributed by atoms with Gasteiger partial charge in [0.25, 0.3) is 0 Å². The molecule has 8 aromatic rings. The second-order valence-corrected chi connectivity index (χ2v) is 40.9. The minimum absolute atomic E-state index is 0.0629. The van der Waals surface area contributed by atoms with Crippen molar-refractivity contribution in [3.63, 3.8) is 0 Å². The van der Waals surface area contributed by atoms with Gasteiger partial charge < -0.3 is 37.9 Å². The van der Waals surface area contributed by atoms with Crippen LogP contribution in [0.2, 0.25) is 51.4 Å². The molecule has 2 amide bonds. The molecule has 508 valence electrons. The Morgan fingerprint density at radius 3 is 1.35 bits per heavy atom. The number of carbonyl (C=O) groups is 1. The summed E-state index contributed by atoms with van der Waals surface area (Å²) < 4.78 is 34.5. The van der Waals surface area contributed by atoms with Crippen LogP contribution in [0.4, 0.5) is 4.79 Å². The molecule has 4 atom stereocenters. The Labute approximate surface area is 566 Å². The summed E-state index contributed by atoms with van der Waals surface area (Å²) in [7, 11) is 1.43. The summed E-state index contributed by atoms with van der Waals surface area (Å²) in [5, 5.41) is 10.4. The number of hydrogen-bond acceptors (Lipinski definition) is 17. The summed E-state index contributed by atoms with van der Waals surface area (Å²) in [6.45, 7) is 28.5. The molecular formula is C71H96N18O5Si2. The molecule has 0 bridgehead atoms. The molecule has 14 heterocycles. The number of aryl methyl sites for hydroxylation is 2. The highest BCUT2D eigenvalue weighted by Gasteiger charge is 2.50. The topological polar surface area (TPSA) is 196 Å². The van der Waals surface area contributed by atoms with Crippen LogP contribution >= 0.6 is 0 Å². The number of urea groups is 1. The predicted molar refractivity (Wildman–Crippen MR) is 375 cm³/mol. The van der Waals surface area contributed by atoms with E-state index in [2.05, 4.69) is 129 Å². The average molecular weight is 1340 g/mol. The summed E-state index contributed by atoms with van der Waals surface area (Å²) >= 11 is 0. The molecule has 6 aliphatic rings. The molecular weight excluding hydrogens is 1240 g/mol. The van der Waals surface area contributed by atoms with Gasteiger partial charge >= 0.3 is 6.03 Å². The second-order valence-electron chi connectivity index (χ2n) is 29.6. The number of rotatable bonds is 20. The van der Waals surface area contributed by atoms with Gasteiger partial charge in [-0.15, -0.1) is 0 Å². The first-order valence-electron chi connectivity index (χ1n) is 34.9. The predicted octanol–water partition coefficient (Wildman–Crippen LogP) is 11.6. The monoisotopic (exact) mass is 1340 g/mol. The lowest BCUT2D eigenvalue weighted by molar-refractivity contribution is -0.0394. The van der Waals surface area contributed by atoms with Crippen molar-refractivity contribution in [1.82, 2.24) is 88.0 Å². The van der Waals surface area contributed by atoms with Crippen molar-refractivity contribution in [3.8, 4) is 68.1 Å². The van der Waals surface area contributed by atoms with Crippen LogP contribution < -0.4 is 0 Å². The molecule has 0 spiro atoms. The molecule has 4 fully saturated rings. The van der Waals surface area contributed by atoms with E-state index in [-0.39, 0.29) is 31.9 Å². The first kappa shape index (κ1) is 66.1. The number of amides is 2. The molecule has 0 N–H and O–H groups in total. The number of ether oxygens (including phenoxy) is 4. The van der Waals surface area contributed by atoms with Crippen LogP contribution in [-0.4, -0.2) is 203 Å². The van der Waals surface area contributed by atoms with Crippen LogP contribution in [0.3, 0.4) is 0 Å². The van der Waals surface area contributed by atoms with Crippen molar-refractivity contribution in [1.29, 1.82) is 0 Å². The highest BCUT2D eigenvalue weighted by molar-refractivity contribution is 6.76. The van der Waals surface area contributed by atoms with Gasteiger partial charge in [0.2, 0.25) is 0 Å². The van der Waals surface area contributed by atoms with E-state index in [0.717, 1.165) is 182 Å². The second kappa shape index (κ2) is 28.0. The standard InChI is InChI=1S/C71H96N18O5Si2/c1-49-17-15-19-55(74-49)63-53(43-88(78-63)61-21-11-13-35-93-61)51-23-25-72-57(41-51)67-76-65-59(86(67)47-91-37-39-95(5,6)7)45-84(69(65)82-31-27-80(3)28-32-82)71(90)85-46-60-66(70(85)83-33-29-81(4)30-34-83)77-68(87(60)48-92-38-40-96(8,9)10)58-42-52(24-26-73-58)54-44-89(62-22-12-14-36-94-62)79-64(54)56-20-16-18-50(2)75-56/h15-20,23-26,41-44,61-62,69-70H,11-14,21-22,27-40,45-48H2,1-10H3. The third-order valence-corrected chi connectivity index (χ3v) is 23.3. The number of carbonyl (C=O) groups excluding carboxylic acids is 1. The number of imidazole rings is 2. The van der Waals surface area contributed by atoms with Gasteiger partial charge in [0, 0.05) is 142 Å². The maximum Gasteiger partial charge on any atom is 0.323 e. The zero-order chi connectivity index (χ0) is 66.4. The van der Waals surface area contributed by atoms with Gasteiger partial charge in [0.15, 0.2) is 11.6 Å². The van der Waals surface area contributed by atoms with Crippen LogP contribution in [0.25, 0.3) is 68.1 Å². The van der Waals surface area contributed by atoms with Crippen molar-refractivity contribution in [3.05, 3.63) is 120 Å². The quantitative estimate of drug-likeness (QED) is 0.0515. The zero-order valence-corrected chi connectivity index (χ0v) is 60.0. The first-order valence-corrected chi connectivity index (χ1v) is 42.3. The van der Waals surface area contributed by atoms with E-state index >= 15 is 4.79 Å². The molecule has 96 heavy (non-hydrogen) atoms. The van der Waals surface area contributed by atoms with Gasteiger partial charge in [-0.25, -0.2) is 24.1 Å². The van der Waals surface area contributed by atoms with Crippen molar-refractivity contribution >= 4 is 22.2 Å². The van der Waals surface area contributed by atoms with Crippen molar-refractivity contribution in [2.45, 2.75) is 155 Å². The molecule has 8 aromatic heterocycles. The molecule has 14 rings (SSSR count). The third kappa shape index (κ3) is 14.1.